The van der Waals surface area contributed by atoms with Crippen LogP contribution >= 0.6 is 0 Å². The molecular weight excluding hydrogens is 398 g/mol. The van der Waals surface area contributed by atoms with E-state index in [1.807, 2.05) is 41.2 Å². The van der Waals surface area contributed by atoms with Crippen molar-refractivity contribution in [3.05, 3.63) is 78.6 Å². The summed E-state index contributed by atoms with van der Waals surface area (Å²) in [5.41, 5.74) is 10.2. The van der Waals surface area contributed by atoms with Gasteiger partial charge in [0.1, 0.15) is 5.82 Å². The third kappa shape index (κ3) is 5.33. The molecule has 0 unspecified atom stereocenters. The SMILES string of the molecule is C=C(C#N)c1cccc(/C(C)=C/n2ccnc2-c2ccc(N3CCOCC3)cc2)c1.CN. The first kappa shape index (κ1) is 23.0. The molecule has 0 radical (unpaired) electrons. The monoisotopic (exact) mass is 427 g/mol. The number of morpholine rings is 1. The first-order chi connectivity index (χ1) is 15.7. The Kier molecular flexibility index (Phi) is 7.98. The summed E-state index contributed by atoms with van der Waals surface area (Å²) in [7, 11) is 1.50. The number of ether oxygens (including phenoxy) is 1. The molecule has 6 nitrogen and oxygen atoms in total. The van der Waals surface area contributed by atoms with Gasteiger partial charge in [-0.15, -0.1) is 0 Å². The minimum atomic E-state index is 0.466. The van der Waals surface area contributed by atoms with Crippen LogP contribution < -0.4 is 10.6 Å². The largest absolute Gasteiger partial charge is 0.378 e. The van der Waals surface area contributed by atoms with Crippen LogP contribution in [0.3, 0.4) is 0 Å². The molecule has 0 atom stereocenters. The molecule has 3 aromatic rings. The predicted molar refractivity (Wildman–Crippen MR) is 132 cm³/mol. The predicted octanol–water partition coefficient (Wildman–Crippen LogP) is 4.52. The molecule has 2 N–H and O–H groups in total. The average Bonchev–Trinajstić information content (AvgIpc) is 3.33. The molecule has 32 heavy (non-hydrogen) atoms. The third-order valence-electron chi connectivity index (χ3n) is 5.30. The van der Waals surface area contributed by atoms with Crippen LogP contribution in [0.5, 0.6) is 0 Å². The van der Waals surface area contributed by atoms with Gasteiger partial charge in [0, 0.05) is 42.9 Å². The molecule has 1 saturated heterocycles. The number of imidazole rings is 1. The Balaban J connectivity index is 0.00000141. The van der Waals surface area contributed by atoms with Gasteiger partial charge in [0.2, 0.25) is 0 Å². The molecule has 2 heterocycles. The highest BCUT2D eigenvalue weighted by Crippen LogP contribution is 2.25. The molecule has 1 aliphatic heterocycles. The van der Waals surface area contributed by atoms with E-state index < -0.39 is 0 Å². The number of allylic oxidation sites excluding steroid dienone is 2. The van der Waals surface area contributed by atoms with Gasteiger partial charge in [-0.2, -0.15) is 5.26 Å². The van der Waals surface area contributed by atoms with Gasteiger partial charge in [-0.05, 0) is 61.0 Å². The second-order valence-corrected chi connectivity index (χ2v) is 7.29. The van der Waals surface area contributed by atoms with Crippen LogP contribution in [0, 0.1) is 11.3 Å². The summed E-state index contributed by atoms with van der Waals surface area (Å²) in [5, 5.41) is 9.10. The molecule has 0 aliphatic carbocycles. The molecule has 0 amide bonds. The van der Waals surface area contributed by atoms with Crippen LogP contribution in [0.15, 0.2) is 67.5 Å². The highest BCUT2D eigenvalue weighted by atomic mass is 16.5. The van der Waals surface area contributed by atoms with Gasteiger partial charge in [0.25, 0.3) is 0 Å². The van der Waals surface area contributed by atoms with Crippen molar-refractivity contribution < 1.29 is 4.74 Å². The summed E-state index contributed by atoms with van der Waals surface area (Å²) in [6, 6.07) is 18.5. The topological polar surface area (TPSA) is 80.1 Å². The van der Waals surface area contributed by atoms with Crippen LogP contribution in [-0.2, 0) is 4.74 Å². The van der Waals surface area contributed by atoms with Crippen molar-refractivity contribution in [2.75, 3.05) is 38.3 Å². The number of benzene rings is 2. The lowest BCUT2D eigenvalue weighted by Crippen LogP contribution is -2.36. The molecule has 0 spiro atoms. The fourth-order valence-electron chi connectivity index (χ4n) is 3.58. The zero-order valence-corrected chi connectivity index (χ0v) is 18.7. The highest BCUT2D eigenvalue weighted by molar-refractivity contribution is 5.80. The molecule has 0 bridgehead atoms. The van der Waals surface area contributed by atoms with Crippen molar-refractivity contribution >= 4 is 23.0 Å². The third-order valence-corrected chi connectivity index (χ3v) is 5.30. The molecule has 1 aliphatic rings. The minimum absolute atomic E-state index is 0.466. The fourth-order valence-corrected chi connectivity index (χ4v) is 3.58. The Morgan fingerprint density at radius 3 is 2.50 bits per heavy atom. The van der Waals surface area contributed by atoms with E-state index in [0.717, 1.165) is 54.4 Å². The minimum Gasteiger partial charge on any atom is -0.378 e. The summed E-state index contributed by atoms with van der Waals surface area (Å²) in [4.78, 5) is 6.90. The van der Waals surface area contributed by atoms with Crippen molar-refractivity contribution in [1.82, 2.24) is 9.55 Å². The normalized spacial score (nSPS) is 13.7. The summed E-state index contributed by atoms with van der Waals surface area (Å²) in [6.07, 6.45) is 5.82. The quantitative estimate of drug-likeness (QED) is 0.606. The average molecular weight is 428 g/mol. The number of nitriles is 1. The first-order valence-corrected chi connectivity index (χ1v) is 10.6. The molecule has 2 aromatic carbocycles. The van der Waals surface area contributed by atoms with Gasteiger partial charge in [-0.25, -0.2) is 4.98 Å². The van der Waals surface area contributed by atoms with Crippen LogP contribution in [0.2, 0.25) is 0 Å². The number of nitrogens with zero attached hydrogens (tertiary/aromatic N) is 4. The van der Waals surface area contributed by atoms with Crippen molar-refractivity contribution in [3.63, 3.8) is 0 Å². The Labute approximate surface area is 189 Å². The van der Waals surface area contributed by atoms with Gasteiger partial charge in [0.05, 0.1) is 24.9 Å². The van der Waals surface area contributed by atoms with Gasteiger partial charge in [-0.3, -0.25) is 0 Å². The van der Waals surface area contributed by atoms with Crippen LogP contribution in [0.25, 0.3) is 28.7 Å². The second kappa shape index (κ2) is 11.1. The van der Waals surface area contributed by atoms with E-state index in [1.54, 1.807) is 0 Å². The second-order valence-electron chi connectivity index (χ2n) is 7.29. The van der Waals surface area contributed by atoms with Gasteiger partial charge in [-0.1, -0.05) is 24.8 Å². The van der Waals surface area contributed by atoms with E-state index in [4.69, 9.17) is 10.00 Å². The van der Waals surface area contributed by atoms with Gasteiger partial charge in [0.15, 0.2) is 0 Å². The maximum atomic E-state index is 9.10. The lowest BCUT2D eigenvalue weighted by molar-refractivity contribution is 0.122. The number of nitrogens with two attached hydrogens (primary N) is 1. The maximum Gasteiger partial charge on any atom is 0.143 e. The number of hydrogen-bond acceptors (Lipinski definition) is 5. The zero-order valence-electron chi connectivity index (χ0n) is 18.7. The first-order valence-electron chi connectivity index (χ1n) is 10.6. The van der Waals surface area contributed by atoms with E-state index >= 15 is 0 Å². The molecule has 164 valence electrons. The smallest absolute Gasteiger partial charge is 0.143 e. The Morgan fingerprint density at radius 1 is 1.12 bits per heavy atom. The van der Waals surface area contributed by atoms with Crippen molar-refractivity contribution in [2.45, 2.75) is 6.92 Å². The fraction of sp³-hybridized carbons (Fsp3) is 0.231. The number of aromatic nitrogens is 2. The summed E-state index contributed by atoms with van der Waals surface area (Å²) >= 11 is 0. The number of hydrogen-bond donors (Lipinski definition) is 1. The number of anilines is 1. The highest BCUT2D eigenvalue weighted by Gasteiger charge is 2.12. The molecule has 1 fully saturated rings. The van der Waals surface area contributed by atoms with Crippen molar-refractivity contribution in [3.8, 4) is 17.5 Å². The van der Waals surface area contributed by atoms with Crippen molar-refractivity contribution in [2.24, 2.45) is 5.73 Å². The van der Waals surface area contributed by atoms with E-state index in [0.29, 0.717) is 5.57 Å². The lowest BCUT2D eigenvalue weighted by Gasteiger charge is -2.28. The molecule has 0 saturated carbocycles. The Hall–Kier alpha value is -3.66. The Morgan fingerprint density at radius 2 is 1.81 bits per heavy atom. The van der Waals surface area contributed by atoms with E-state index in [9.17, 15) is 0 Å². The van der Waals surface area contributed by atoms with Gasteiger partial charge >= 0.3 is 0 Å². The maximum absolute atomic E-state index is 9.10. The molecule has 4 rings (SSSR count). The van der Waals surface area contributed by atoms with E-state index in [-0.39, 0.29) is 0 Å². The van der Waals surface area contributed by atoms with Gasteiger partial charge < -0.3 is 19.9 Å². The van der Waals surface area contributed by atoms with Crippen LogP contribution in [0.1, 0.15) is 18.1 Å². The Bertz CT molecular complexity index is 1120. The molecular formula is C26H29N5O. The molecule has 6 heteroatoms. The summed E-state index contributed by atoms with van der Waals surface area (Å²) < 4.78 is 7.47. The van der Waals surface area contributed by atoms with Crippen molar-refractivity contribution in [1.29, 1.82) is 5.26 Å². The zero-order chi connectivity index (χ0) is 22.9. The summed E-state index contributed by atoms with van der Waals surface area (Å²) in [6.45, 7) is 9.26. The standard InChI is InChI=1S/C25H24N4O.CH5N/c1-19(17-26)22-4-3-5-23(16-22)20(2)18-29-11-10-27-25(29)21-6-8-24(9-7-21)28-12-14-30-15-13-28;1-2/h3-11,16,18H,1,12-15H2,2H3;2H2,1H3/b20-18+;. The molecule has 1 aromatic heterocycles. The van der Waals surface area contributed by atoms with E-state index in [2.05, 4.69) is 65.7 Å². The van der Waals surface area contributed by atoms with E-state index in [1.165, 1.54) is 12.7 Å². The lowest BCUT2D eigenvalue weighted by atomic mass is 10.0. The van der Waals surface area contributed by atoms with Crippen LogP contribution in [0.4, 0.5) is 5.69 Å². The number of rotatable bonds is 5. The van der Waals surface area contributed by atoms with Crippen LogP contribution in [-0.4, -0.2) is 42.9 Å². The summed E-state index contributed by atoms with van der Waals surface area (Å²) in [5.74, 6) is 0.889.